The van der Waals surface area contributed by atoms with E-state index in [1.54, 1.807) is 35.7 Å². The molecule has 0 atom stereocenters. The van der Waals surface area contributed by atoms with Crippen LogP contribution >= 0.6 is 0 Å². The molecule has 0 aliphatic rings. The van der Waals surface area contributed by atoms with Gasteiger partial charge in [0.25, 0.3) is 5.91 Å². The zero-order valence-corrected chi connectivity index (χ0v) is 13.8. The van der Waals surface area contributed by atoms with Gasteiger partial charge >= 0.3 is 0 Å². The molecule has 24 heavy (non-hydrogen) atoms. The first-order chi connectivity index (χ1) is 11.5. The number of hydrogen-bond donors (Lipinski definition) is 0. The van der Waals surface area contributed by atoms with Gasteiger partial charge in [0.1, 0.15) is 5.82 Å². The summed E-state index contributed by atoms with van der Waals surface area (Å²) in [6.07, 6.45) is 0. The van der Waals surface area contributed by atoms with Gasteiger partial charge in [-0.2, -0.15) is 5.10 Å². The fourth-order valence-corrected chi connectivity index (χ4v) is 2.72. The predicted molar refractivity (Wildman–Crippen MR) is 92.2 cm³/mol. The minimum atomic E-state index is -0.305. The lowest BCUT2D eigenvalue weighted by Gasteiger charge is -2.17. The van der Waals surface area contributed by atoms with Gasteiger partial charge in [0.15, 0.2) is 0 Å². The SMILES string of the molecule is Cc1nn(-c2ccc(F)cc2)c(C)c1C(=O)N(C)c1ccccc1. The number of hydrogen-bond acceptors (Lipinski definition) is 2. The second-order valence-corrected chi connectivity index (χ2v) is 5.63. The fourth-order valence-electron chi connectivity index (χ4n) is 2.72. The first-order valence-corrected chi connectivity index (χ1v) is 7.64. The lowest BCUT2D eigenvalue weighted by Crippen LogP contribution is -2.27. The Morgan fingerprint density at radius 1 is 1.04 bits per heavy atom. The Balaban J connectivity index is 2.00. The van der Waals surface area contributed by atoms with Crippen molar-refractivity contribution in [3.8, 4) is 5.69 Å². The van der Waals surface area contributed by atoms with Crippen LogP contribution in [0, 0.1) is 19.7 Å². The number of carbonyl (C=O) groups is 1. The van der Waals surface area contributed by atoms with Crippen molar-refractivity contribution in [2.24, 2.45) is 0 Å². The molecule has 0 aliphatic carbocycles. The van der Waals surface area contributed by atoms with Crippen molar-refractivity contribution in [3.63, 3.8) is 0 Å². The largest absolute Gasteiger partial charge is 0.311 e. The summed E-state index contributed by atoms with van der Waals surface area (Å²) in [7, 11) is 1.74. The standard InChI is InChI=1S/C19H18FN3O/c1-13-18(19(24)22(3)16-7-5-4-6-8-16)14(2)23(21-13)17-11-9-15(20)10-12-17/h4-12H,1-3H3. The molecule has 5 heteroatoms. The maximum atomic E-state index is 13.1. The third kappa shape index (κ3) is 2.80. The minimum absolute atomic E-state index is 0.121. The van der Waals surface area contributed by atoms with Crippen molar-refractivity contribution < 1.29 is 9.18 Å². The van der Waals surface area contributed by atoms with E-state index in [0.717, 1.165) is 17.1 Å². The predicted octanol–water partition coefficient (Wildman–Crippen LogP) is 3.90. The molecule has 2 aromatic carbocycles. The average Bonchev–Trinajstić information content (AvgIpc) is 2.89. The molecule has 1 heterocycles. The zero-order chi connectivity index (χ0) is 17.3. The quantitative estimate of drug-likeness (QED) is 0.733. The molecule has 122 valence electrons. The number of anilines is 1. The van der Waals surface area contributed by atoms with E-state index in [1.807, 2.05) is 37.3 Å². The Morgan fingerprint density at radius 2 is 1.67 bits per heavy atom. The molecule has 0 bridgehead atoms. The van der Waals surface area contributed by atoms with Crippen LogP contribution in [0.15, 0.2) is 54.6 Å². The summed E-state index contributed by atoms with van der Waals surface area (Å²) in [5.41, 5.74) is 3.47. The molecule has 0 unspecified atom stereocenters. The molecule has 3 aromatic rings. The molecule has 0 fully saturated rings. The third-order valence-electron chi connectivity index (χ3n) is 4.02. The first-order valence-electron chi connectivity index (χ1n) is 7.64. The molecule has 0 saturated heterocycles. The van der Waals surface area contributed by atoms with Crippen LogP contribution in [0.4, 0.5) is 10.1 Å². The fraction of sp³-hybridized carbons (Fsp3) is 0.158. The Kier molecular flexibility index (Phi) is 4.16. The highest BCUT2D eigenvalue weighted by Crippen LogP contribution is 2.22. The van der Waals surface area contributed by atoms with Gasteiger partial charge in [-0.05, 0) is 50.2 Å². The Morgan fingerprint density at radius 3 is 2.29 bits per heavy atom. The molecule has 0 spiro atoms. The number of halogens is 1. The molecule has 4 nitrogen and oxygen atoms in total. The smallest absolute Gasteiger partial charge is 0.261 e. The minimum Gasteiger partial charge on any atom is -0.311 e. The van der Waals surface area contributed by atoms with Crippen LogP contribution in [0.25, 0.3) is 5.69 Å². The van der Waals surface area contributed by atoms with Crippen LogP contribution in [0.5, 0.6) is 0 Å². The van der Waals surface area contributed by atoms with Crippen molar-refractivity contribution in [1.29, 1.82) is 0 Å². The summed E-state index contributed by atoms with van der Waals surface area (Å²) >= 11 is 0. The third-order valence-corrected chi connectivity index (χ3v) is 4.02. The lowest BCUT2D eigenvalue weighted by molar-refractivity contribution is 0.0992. The van der Waals surface area contributed by atoms with Crippen LogP contribution < -0.4 is 4.90 Å². The van der Waals surface area contributed by atoms with E-state index in [1.165, 1.54) is 12.1 Å². The number of benzene rings is 2. The maximum absolute atomic E-state index is 13.1. The van der Waals surface area contributed by atoms with E-state index in [9.17, 15) is 9.18 Å². The number of amides is 1. The summed E-state index contributed by atoms with van der Waals surface area (Å²) < 4.78 is 14.8. The van der Waals surface area contributed by atoms with Crippen LogP contribution in [0.1, 0.15) is 21.7 Å². The number of para-hydroxylation sites is 1. The van der Waals surface area contributed by atoms with E-state index in [-0.39, 0.29) is 11.7 Å². The van der Waals surface area contributed by atoms with Crippen LogP contribution in [-0.2, 0) is 0 Å². The first kappa shape index (κ1) is 15.9. The van der Waals surface area contributed by atoms with Crippen molar-refractivity contribution >= 4 is 11.6 Å². The molecule has 3 rings (SSSR count). The van der Waals surface area contributed by atoms with Gasteiger partial charge < -0.3 is 4.90 Å². The number of rotatable bonds is 3. The van der Waals surface area contributed by atoms with Gasteiger partial charge in [-0.25, -0.2) is 9.07 Å². The van der Waals surface area contributed by atoms with E-state index < -0.39 is 0 Å². The molecular weight excluding hydrogens is 305 g/mol. The molecule has 1 aromatic heterocycles. The lowest BCUT2D eigenvalue weighted by atomic mass is 10.1. The molecule has 0 aliphatic heterocycles. The zero-order valence-electron chi connectivity index (χ0n) is 13.8. The van der Waals surface area contributed by atoms with Crippen molar-refractivity contribution in [2.75, 3.05) is 11.9 Å². The molecule has 1 amide bonds. The number of nitrogens with zero attached hydrogens (tertiary/aromatic N) is 3. The van der Waals surface area contributed by atoms with Gasteiger partial charge in [0.2, 0.25) is 0 Å². The Labute approximate surface area is 140 Å². The van der Waals surface area contributed by atoms with Crippen LogP contribution in [-0.4, -0.2) is 22.7 Å². The van der Waals surface area contributed by atoms with E-state index in [2.05, 4.69) is 5.10 Å². The highest BCUT2D eigenvalue weighted by Gasteiger charge is 2.23. The molecular formula is C19H18FN3O. The van der Waals surface area contributed by atoms with Gasteiger partial charge in [-0.1, -0.05) is 18.2 Å². The highest BCUT2D eigenvalue weighted by atomic mass is 19.1. The monoisotopic (exact) mass is 323 g/mol. The number of aromatic nitrogens is 2. The van der Waals surface area contributed by atoms with Gasteiger partial charge in [0.05, 0.1) is 22.6 Å². The summed E-state index contributed by atoms with van der Waals surface area (Å²) in [5, 5.41) is 4.45. The second kappa shape index (κ2) is 6.28. The van der Waals surface area contributed by atoms with Gasteiger partial charge in [0, 0.05) is 12.7 Å². The van der Waals surface area contributed by atoms with Crippen molar-refractivity contribution in [1.82, 2.24) is 9.78 Å². The Hall–Kier alpha value is -2.95. The highest BCUT2D eigenvalue weighted by molar-refractivity contribution is 6.07. The van der Waals surface area contributed by atoms with Crippen LogP contribution in [0.2, 0.25) is 0 Å². The summed E-state index contributed by atoms with van der Waals surface area (Å²) in [6.45, 7) is 3.65. The second-order valence-electron chi connectivity index (χ2n) is 5.63. The van der Waals surface area contributed by atoms with E-state index in [4.69, 9.17) is 0 Å². The molecule has 0 saturated carbocycles. The maximum Gasteiger partial charge on any atom is 0.261 e. The van der Waals surface area contributed by atoms with Crippen LogP contribution in [0.3, 0.4) is 0 Å². The van der Waals surface area contributed by atoms with E-state index in [0.29, 0.717) is 11.3 Å². The number of carbonyl (C=O) groups excluding carboxylic acids is 1. The Bertz CT molecular complexity index is 870. The van der Waals surface area contributed by atoms with Gasteiger partial charge in [-0.3, -0.25) is 4.79 Å². The van der Waals surface area contributed by atoms with Crippen molar-refractivity contribution in [3.05, 3.63) is 77.4 Å². The van der Waals surface area contributed by atoms with Gasteiger partial charge in [-0.15, -0.1) is 0 Å². The summed E-state index contributed by atoms with van der Waals surface area (Å²) in [6, 6.07) is 15.5. The number of aryl methyl sites for hydroxylation is 1. The van der Waals surface area contributed by atoms with E-state index >= 15 is 0 Å². The molecule has 0 N–H and O–H groups in total. The normalized spacial score (nSPS) is 10.7. The molecule has 0 radical (unpaired) electrons. The average molecular weight is 323 g/mol. The summed E-state index contributed by atoms with van der Waals surface area (Å²) in [4.78, 5) is 14.5. The van der Waals surface area contributed by atoms with Crippen molar-refractivity contribution in [2.45, 2.75) is 13.8 Å². The topological polar surface area (TPSA) is 38.1 Å². The summed E-state index contributed by atoms with van der Waals surface area (Å²) in [5.74, 6) is -0.426.